The summed E-state index contributed by atoms with van der Waals surface area (Å²) in [5.74, 6) is -0.156. The van der Waals surface area contributed by atoms with E-state index in [1.54, 1.807) is 12.1 Å². The van der Waals surface area contributed by atoms with E-state index in [0.717, 1.165) is 0 Å². The molecule has 0 aromatic heterocycles. The van der Waals surface area contributed by atoms with E-state index in [1.165, 1.54) is 25.3 Å². The molecule has 1 N–H and O–H groups in total. The Hall–Kier alpha value is -0.810. The van der Waals surface area contributed by atoms with E-state index in [0.29, 0.717) is 25.8 Å². The normalized spacial score (nSPS) is 12.3. The van der Waals surface area contributed by atoms with Crippen LogP contribution in [0.5, 0.6) is 5.75 Å². The fraction of sp³-hybridized carbons (Fsp3) is 0.143. The molecule has 2 rings (SSSR count). The minimum absolute atomic E-state index is 0.0544. The van der Waals surface area contributed by atoms with E-state index < -0.39 is 11.9 Å². The molecule has 0 fully saturated rings. The van der Waals surface area contributed by atoms with Crippen molar-refractivity contribution in [3.05, 3.63) is 61.8 Å². The van der Waals surface area contributed by atoms with Crippen LogP contribution in [-0.2, 0) is 0 Å². The number of methoxy groups -OCH3 is 1. The first-order valence-electron chi connectivity index (χ1n) is 5.60. The van der Waals surface area contributed by atoms with Gasteiger partial charge in [-0.15, -0.1) is 0 Å². The smallest absolute Gasteiger partial charge is 0.130 e. The van der Waals surface area contributed by atoms with Crippen LogP contribution in [0.1, 0.15) is 17.2 Å². The van der Waals surface area contributed by atoms with Gasteiger partial charge in [0, 0.05) is 20.6 Å². The highest BCUT2D eigenvalue weighted by Crippen LogP contribution is 2.36. The third-order valence-corrected chi connectivity index (χ3v) is 4.25. The molecule has 0 aliphatic rings. The number of hydrogen-bond acceptors (Lipinski definition) is 2. The van der Waals surface area contributed by atoms with E-state index in [2.05, 4.69) is 15.9 Å². The van der Waals surface area contributed by atoms with Crippen molar-refractivity contribution in [2.24, 2.45) is 0 Å². The largest absolute Gasteiger partial charge is 0.496 e. The standard InChI is InChI=1S/C14H10BrCl2FO2/c1-20-13-3-2-7(16)4-9(13)14(19)8-5-11(17)10(15)6-12(8)18/h2-6,14,19H,1H3. The van der Waals surface area contributed by atoms with Gasteiger partial charge in [0.15, 0.2) is 0 Å². The fourth-order valence-corrected chi connectivity index (χ4v) is 2.50. The van der Waals surface area contributed by atoms with Crippen molar-refractivity contribution < 1.29 is 14.2 Å². The van der Waals surface area contributed by atoms with Crippen molar-refractivity contribution in [2.45, 2.75) is 6.10 Å². The lowest BCUT2D eigenvalue weighted by Gasteiger charge is -2.17. The van der Waals surface area contributed by atoms with Crippen molar-refractivity contribution in [3.63, 3.8) is 0 Å². The molecule has 0 aliphatic heterocycles. The molecule has 106 valence electrons. The first-order chi connectivity index (χ1) is 9.43. The van der Waals surface area contributed by atoms with E-state index in [9.17, 15) is 9.50 Å². The van der Waals surface area contributed by atoms with Gasteiger partial charge in [-0.2, -0.15) is 0 Å². The van der Waals surface area contributed by atoms with Gasteiger partial charge in [0.1, 0.15) is 17.7 Å². The van der Waals surface area contributed by atoms with Crippen LogP contribution in [0.2, 0.25) is 10.0 Å². The third kappa shape index (κ3) is 3.09. The molecule has 1 unspecified atom stereocenters. The number of ether oxygens (including phenoxy) is 1. The molecule has 0 saturated carbocycles. The number of benzene rings is 2. The van der Waals surface area contributed by atoms with Crippen LogP contribution >= 0.6 is 39.1 Å². The molecule has 0 saturated heterocycles. The summed E-state index contributed by atoms with van der Waals surface area (Å²) in [5, 5.41) is 11.1. The second-order valence-electron chi connectivity index (χ2n) is 4.08. The summed E-state index contributed by atoms with van der Waals surface area (Å²) in [4.78, 5) is 0. The van der Waals surface area contributed by atoms with E-state index >= 15 is 0 Å². The summed E-state index contributed by atoms with van der Waals surface area (Å²) in [6.07, 6.45) is -1.23. The SMILES string of the molecule is COc1ccc(Cl)cc1C(O)c1cc(Cl)c(Br)cc1F. The molecular weight excluding hydrogens is 370 g/mol. The molecule has 2 aromatic carbocycles. The highest BCUT2D eigenvalue weighted by molar-refractivity contribution is 9.10. The second-order valence-corrected chi connectivity index (χ2v) is 5.77. The Labute approximate surface area is 134 Å². The monoisotopic (exact) mass is 378 g/mol. The van der Waals surface area contributed by atoms with Crippen molar-refractivity contribution in [1.82, 2.24) is 0 Å². The van der Waals surface area contributed by atoms with Crippen molar-refractivity contribution in [1.29, 1.82) is 0 Å². The Morgan fingerprint density at radius 1 is 1.20 bits per heavy atom. The highest BCUT2D eigenvalue weighted by Gasteiger charge is 2.20. The van der Waals surface area contributed by atoms with Gasteiger partial charge in [-0.25, -0.2) is 4.39 Å². The zero-order chi connectivity index (χ0) is 14.9. The van der Waals surface area contributed by atoms with Gasteiger partial charge in [-0.05, 0) is 46.3 Å². The van der Waals surface area contributed by atoms with Gasteiger partial charge >= 0.3 is 0 Å². The fourth-order valence-electron chi connectivity index (χ4n) is 1.83. The van der Waals surface area contributed by atoms with Gasteiger partial charge in [0.05, 0.1) is 12.1 Å². The zero-order valence-corrected chi connectivity index (χ0v) is 13.4. The van der Waals surface area contributed by atoms with Gasteiger partial charge in [0.2, 0.25) is 0 Å². The van der Waals surface area contributed by atoms with Crippen LogP contribution in [0.25, 0.3) is 0 Å². The molecule has 0 bridgehead atoms. The van der Waals surface area contributed by atoms with Gasteiger partial charge < -0.3 is 9.84 Å². The van der Waals surface area contributed by atoms with Crippen molar-refractivity contribution in [2.75, 3.05) is 7.11 Å². The average molecular weight is 380 g/mol. The Morgan fingerprint density at radius 2 is 1.90 bits per heavy atom. The van der Waals surface area contributed by atoms with Crippen molar-refractivity contribution in [3.8, 4) is 5.75 Å². The number of aliphatic hydroxyl groups is 1. The van der Waals surface area contributed by atoms with Crippen LogP contribution in [-0.4, -0.2) is 12.2 Å². The zero-order valence-electron chi connectivity index (χ0n) is 10.3. The molecule has 0 spiro atoms. The lowest BCUT2D eigenvalue weighted by Crippen LogP contribution is -2.05. The Bertz CT molecular complexity index is 649. The lowest BCUT2D eigenvalue weighted by molar-refractivity contribution is 0.209. The first-order valence-corrected chi connectivity index (χ1v) is 7.15. The molecule has 2 aromatic rings. The topological polar surface area (TPSA) is 29.5 Å². The predicted octanol–water partition coefficient (Wildman–Crippen LogP) is 4.99. The summed E-state index contributed by atoms with van der Waals surface area (Å²) in [7, 11) is 1.46. The predicted molar refractivity (Wildman–Crippen MR) is 81.2 cm³/mol. The Balaban J connectivity index is 2.54. The maximum absolute atomic E-state index is 14.0. The van der Waals surface area contributed by atoms with Crippen LogP contribution < -0.4 is 4.74 Å². The molecule has 0 amide bonds. The molecular formula is C14H10BrCl2FO2. The number of rotatable bonds is 3. The number of halogens is 4. The molecule has 0 radical (unpaired) electrons. The first kappa shape index (κ1) is 15.6. The van der Waals surface area contributed by atoms with Crippen LogP contribution in [0.15, 0.2) is 34.8 Å². The molecule has 6 heteroatoms. The molecule has 0 heterocycles. The Kier molecular flexibility index (Phi) is 4.91. The van der Waals surface area contributed by atoms with Gasteiger partial charge in [-0.3, -0.25) is 0 Å². The van der Waals surface area contributed by atoms with Gasteiger partial charge in [0.25, 0.3) is 0 Å². The summed E-state index contributed by atoms with van der Waals surface area (Å²) in [6.45, 7) is 0. The van der Waals surface area contributed by atoms with Crippen LogP contribution in [0.4, 0.5) is 4.39 Å². The molecule has 2 nitrogen and oxygen atoms in total. The maximum atomic E-state index is 14.0. The summed E-state index contributed by atoms with van der Waals surface area (Å²) in [6, 6.07) is 7.34. The molecule has 20 heavy (non-hydrogen) atoms. The minimum atomic E-state index is -1.23. The van der Waals surface area contributed by atoms with Crippen LogP contribution in [0, 0.1) is 5.82 Å². The van der Waals surface area contributed by atoms with Crippen molar-refractivity contribution >= 4 is 39.1 Å². The summed E-state index contributed by atoms with van der Waals surface area (Å²) >= 11 is 15.0. The van der Waals surface area contributed by atoms with Gasteiger partial charge in [-0.1, -0.05) is 23.2 Å². The van der Waals surface area contributed by atoms with E-state index in [-0.39, 0.29) is 5.56 Å². The quantitative estimate of drug-likeness (QED) is 0.761. The summed E-state index contributed by atoms with van der Waals surface area (Å²) in [5.41, 5.74) is 0.427. The summed E-state index contributed by atoms with van der Waals surface area (Å²) < 4.78 is 19.6. The van der Waals surface area contributed by atoms with Crippen LogP contribution in [0.3, 0.4) is 0 Å². The van der Waals surface area contributed by atoms with E-state index in [1.807, 2.05) is 0 Å². The minimum Gasteiger partial charge on any atom is -0.496 e. The molecule has 1 atom stereocenters. The average Bonchev–Trinajstić information content (AvgIpc) is 2.42. The molecule has 0 aliphatic carbocycles. The highest BCUT2D eigenvalue weighted by atomic mass is 79.9. The van der Waals surface area contributed by atoms with E-state index in [4.69, 9.17) is 27.9 Å². The third-order valence-electron chi connectivity index (χ3n) is 2.82. The maximum Gasteiger partial charge on any atom is 0.130 e. The number of hydrogen-bond donors (Lipinski definition) is 1. The second kappa shape index (κ2) is 6.31. The number of aliphatic hydroxyl groups excluding tert-OH is 1. The lowest BCUT2D eigenvalue weighted by atomic mass is 10.00. The Morgan fingerprint density at radius 3 is 2.55 bits per heavy atom.